The fraction of sp³-hybridized carbons (Fsp3) is 0.550. The second kappa shape index (κ2) is 8.68. The summed E-state index contributed by atoms with van der Waals surface area (Å²) in [6, 6.07) is 7.35. The van der Waals surface area contributed by atoms with Crippen LogP contribution in [0.5, 0.6) is 0 Å². The first-order valence-electron chi connectivity index (χ1n) is 9.43. The van der Waals surface area contributed by atoms with Gasteiger partial charge in [0.05, 0.1) is 6.54 Å². The van der Waals surface area contributed by atoms with Crippen molar-refractivity contribution in [2.75, 3.05) is 13.2 Å². The SMILES string of the molecule is CC(C)C[C@H](NC(=O)OCc1ccccc1)C(=O)N1C[C@H](F)[C@H]2OCC(=O)[C@H]21.[HH]. The number of nitrogens with zero attached hydrogens (tertiary/aromatic N) is 1. The van der Waals surface area contributed by atoms with E-state index in [4.69, 9.17) is 9.47 Å². The molecule has 2 saturated heterocycles. The highest BCUT2D eigenvalue weighted by Gasteiger charge is 2.53. The molecule has 0 bridgehead atoms. The van der Waals surface area contributed by atoms with Gasteiger partial charge in [-0.15, -0.1) is 0 Å². The minimum absolute atomic E-state index is 0. The van der Waals surface area contributed by atoms with Crippen LogP contribution in [-0.4, -0.2) is 60.2 Å². The number of rotatable bonds is 6. The Kier molecular flexibility index (Phi) is 6.28. The van der Waals surface area contributed by atoms with Crippen LogP contribution in [0.2, 0.25) is 0 Å². The Labute approximate surface area is 164 Å². The normalized spacial score (nSPS) is 24.9. The van der Waals surface area contributed by atoms with Gasteiger partial charge in [0.1, 0.15) is 37.6 Å². The lowest BCUT2D eigenvalue weighted by Gasteiger charge is -2.28. The summed E-state index contributed by atoms with van der Waals surface area (Å²) in [5, 5.41) is 2.58. The number of amides is 2. The van der Waals surface area contributed by atoms with Crippen LogP contribution in [0.1, 0.15) is 27.3 Å². The van der Waals surface area contributed by atoms with E-state index in [2.05, 4.69) is 5.32 Å². The second-order valence-corrected chi connectivity index (χ2v) is 7.58. The molecule has 7 nitrogen and oxygen atoms in total. The second-order valence-electron chi connectivity index (χ2n) is 7.58. The summed E-state index contributed by atoms with van der Waals surface area (Å²) >= 11 is 0. The van der Waals surface area contributed by atoms with Crippen molar-refractivity contribution in [3.8, 4) is 0 Å². The zero-order valence-electron chi connectivity index (χ0n) is 16.0. The highest BCUT2D eigenvalue weighted by atomic mass is 19.1. The van der Waals surface area contributed by atoms with E-state index in [1.165, 1.54) is 4.90 Å². The molecule has 1 N–H and O–H groups in total. The quantitative estimate of drug-likeness (QED) is 0.799. The Morgan fingerprint density at radius 3 is 2.75 bits per heavy atom. The average molecular weight is 394 g/mol. The number of alkyl halides is 1. The fourth-order valence-electron chi connectivity index (χ4n) is 3.62. The van der Waals surface area contributed by atoms with Crippen molar-refractivity contribution in [2.24, 2.45) is 5.92 Å². The Bertz CT molecular complexity index is 733. The monoisotopic (exact) mass is 394 g/mol. The van der Waals surface area contributed by atoms with Crippen molar-refractivity contribution in [3.05, 3.63) is 35.9 Å². The third-order valence-electron chi connectivity index (χ3n) is 4.92. The van der Waals surface area contributed by atoms with Crippen molar-refractivity contribution in [1.29, 1.82) is 0 Å². The van der Waals surface area contributed by atoms with Crippen LogP contribution in [-0.2, 0) is 25.7 Å². The molecule has 0 aliphatic carbocycles. The largest absolute Gasteiger partial charge is 0.445 e. The van der Waals surface area contributed by atoms with Gasteiger partial charge in [0.25, 0.3) is 0 Å². The molecule has 2 amide bonds. The molecular weight excluding hydrogens is 367 g/mol. The van der Waals surface area contributed by atoms with Crippen molar-refractivity contribution in [2.45, 2.75) is 51.2 Å². The number of nitrogens with one attached hydrogen (secondary N) is 1. The summed E-state index contributed by atoms with van der Waals surface area (Å²) in [5.74, 6) is -0.703. The highest BCUT2D eigenvalue weighted by molar-refractivity contribution is 5.95. The number of benzene rings is 1. The van der Waals surface area contributed by atoms with Crippen LogP contribution in [0.15, 0.2) is 30.3 Å². The van der Waals surface area contributed by atoms with Gasteiger partial charge in [0.15, 0.2) is 5.78 Å². The molecule has 0 radical (unpaired) electrons. The molecular formula is C20H27FN2O5. The average Bonchev–Trinajstić information content (AvgIpc) is 3.20. The van der Waals surface area contributed by atoms with E-state index in [0.29, 0.717) is 6.42 Å². The Balaban J connectivity index is 0.00000300. The lowest BCUT2D eigenvalue weighted by Crippen LogP contribution is -2.52. The van der Waals surface area contributed by atoms with Crippen LogP contribution < -0.4 is 5.32 Å². The van der Waals surface area contributed by atoms with Crippen molar-refractivity contribution in [3.63, 3.8) is 0 Å². The Hall–Kier alpha value is -2.48. The molecule has 2 heterocycles. The Morgan fingerprint density at radius 2 is 2.07 bits per heavy atom. The third-order valence-corrected chi connectivity index (χ3v) is 4.92. The smallest absolute Gasteiger partial charge is 0.408 e. The third kappa shape index (κ3) is 4.49. The van der Waals surface area contributed by atoms with Gasteiger partial charge in [0.2, 0.25) is 5.91 Å². The fourth-order valence-corrected chi connectivity index (χ4v) is 3.62. The number of halogens is 1. The first kappa shape index (κ1) is 20.3. The minimum atomic E-state index is -1.41. The number of carbonyl (C=O) groups excluding carboxylic acids is 3. The molecule has 0 spiro atoms. The maximum absolute atomic E-state index is 14.2. The number of likely N-dealkylation sites (tertiary alicyclic amines) is 1. The molecule has 3 rings (SSSR count). The number of ketones is 1. The maximum atomic E-state index is 14.2. The summed E-state index contributed by atoms with van der Waals surface area (Å²) in [7, 11) is 0. The van der Waals surface area contributed by atoms with Gasteiger partial charge < -0.3 is 19.7 Å². The lowest BCUT2D eigenvalue weighted by molar-refractivity contribution is -0.138. The molecule has 2 fully saturated rings. The number of ether oxygens (including phenoxy) is 2. The van der Waals surface area contributed by atoms with E-state index in [0.717, 1.165) is 5.56 Å². The number of hydrogen-bond donors (Lipinski definition) is 1. The molecule has 4 atom stereocenters. The van der Waals surface area contributed by atoms with Crippen LogP contribution in [0, 0.1) is 5.92 Å². The van der Waals surface area contributed by atoms with Crippen molar-refractivity contribution < 1.29 is 29.7 Å². The lowest BCUT2D eigenvalue weighted by atomic mass is 10.0. The van der Waals surface area contributed by atoms with Gasteiger partial charge >= 0.3 is 6.09 Å². The van der Waals surface area contributed by atoms with E-state index >= 15 is 0 Å². The molecule has 0 unspecified atom stereocenters. The Morgan fingerprint density at radius 1 is 1.36 bits per heavy atom. The van der Waals surface area contributed by atoms with E-state index in [-0.39, 0.29) is 32.9 Å². The van der Waals surface area contributed by atoms with Crippen molar-refractivity contribution in [1.82, 2.24) is 10.2 Å². The molecule has 1 aromatic carbocycles. The summed E-state index contributed by atoms with van der Waals surface area (Å²) in [5.41, 5.74) is 0.820. The number of fused-ring (bicyclic) bond motifs is 1. The summed E-state index contributed by atoms with van der Waals surface area (Å²) in [6.07, 6.45) is -2.71. The van der Waals surface area contributed by atoms with E-state index in [1.807, 2.05) is 44.2 Å². The van der Waals surface area contributed by atoms with E-state index in [1.54, 1.807) is 0 Å². The molecule has 2 aliphatic heterocycles. The zero-order valence-corrected chi connectivity index (χ0v) is 16.0. The number of alkyl carbamates (subject to hydrolysis) is 1. The molecule has 1 aromatic rings. The number of Topliss-reactive ketones (excluding diaryl/α,β-unsaturated/α-hetero) is 1. The van der Waals surface area contributed by atoms with Gasteiger partial charge in [0, 0.05) is 1.43 Å². The van der Waals surface area contributed by atoms with Crippen LogP contribution in [0.4, 0.5) is 9.18 Å². The minimum Gasteiger partial charge on any atom is -0.445 e. The van der Waals surface area contributed by atoms with Crippen LogP contribution >= 0.6 is 0 Å². The van der Waals surface area contributed by atoms with Crippen LogP contribution in [0.25, 0.3) is 0 Å². The number of carbonyl (C=O) groups is 3. The van der Waals surface area contributed by atoms with Gasteiger partial charge in [-0.05, 0) is 17.9 Å². The topological polar surface area (TPSA) is 84.9 Å². The molecule has 154 valence electrons. The summed E-state index contributed by atoms with van der Waals surface area (Å²) < 4.78 is 24.6. The van der Waals surface area contributed by atoms with Gasteiger partial charge in [-0.25, -0.2) is 9.18 Å². The highest BCUT2D eigenvalue weighted by Crippen LogP contribution is 2.30. The van der Waals surface area contributed by atoms with Crippen LogP contribution in [0.3, 0.4) is 0 Å². The molecule has 0 saturated carbocycles. The first-order valence-corrected chi connectivity index (χ1v) is 9.43. The molecule has 0 aromatic heterocycles. The molecule has 2 aliphatic rings. The predicted molar refractivity (Wildman–Crippen MR) is 100 cm³/mol. The molecule has 28 heavy (non-hydrogen) atoms. The summed E-state index contributed by atoms with van der Waals surface area (Å²) in [6.45, 7) is 3.48. The first-order chi connectivity index (χ1) is 13.4. The van der Waals surface area contributed by atoms with E-state index in [9.17, 15) is 18.8 Å². The van der Waals surface area contributed by atoms with Crippen molar-refractivity contribution >= 4 is 17.8 Å². The number of hydrogen-bond acceptors (Lipinski definition) is 5. The van der Waals surface area contributed by atoms with E-state index < -0.39 is 36.4 Å². The van der Waals surface area contributed by atoms with Gasteiger partial charge in [-0.1, -0.05) is 44.2 Å². The van der Waals surface area contributed by atoms with Gasteiger partial charge in [-0.2, -0.15) is 0 Å². The summed E-state index contributed by atoms with van der Waals surface area (Å²) in [4.78, 5) is 38.5. The zero-order chi connectivity index (χ0) is 20.3. The predicted octanol–water partition coefficient (Wildman–Crippen LogP) is 2.09. The molecule has 8 heteroatoms. The maximum Gasteiger partial charge on any atom is 0.408 e. The standard InChI is InChI=1S/C20H25FN2O5.H2/c1-12(2)8-15(22-20(26)28-10-13-6-4-3-5-7-13)19(25)23-9-14(21)18-17(23)16(24)11-27-18;/h3-7,12,14-15,17-18H,8-11H2,1-2H3,(H,22,26);1H/t14-,15-,17+,18+;/m0./s1. The van der Waals surface area contributed by atoms with Gasteiger partial charge in [-0.3, -0.25) is 9.59 Å².